The van der Waals surface area contributed by atoms with Crippen LogP contribution in [0.15, 0.2) is 30.3 Å². The standard InChI is InChI=1S/C26H25Cl2F3N2O2/c1-14-8-17(26(29,30)31)10-23-20(14)11-18(32(23)3)12-21-22(27)5-4-19(24(21)28)25(35)33-7-6-16(13-33)9-15(2)34/h4-5,8,10-11,16H,6-7,9,12-13H2,1-3H3. The molecule has 9 heteroatoms. The number of likely N-dealkylation sites (tertiary alicyclic amines) is 1. The molecule has 4 rings (SSSR count). The highest BCUT2D eigenvalue weighted by Crippen LogP contribution is 2.36. The van der Waals surface area contributed by atoms with Crippen molar-refractivity contribution in [2.24, 2.45) is 13.0 Å². The summed E-state index contributed by atoms with van der Waals surface area (Å²) in [5, 5.41) is 1.32. The van der Waals surface area contributed by atoms with E-state index in [0.717, 1.165) is 24.2 Å². The van der Waals surface area contributed by atoms with Crippen LogP contribution in [-0.4, -0.2) is 34.2 Å². The molecule has 1 unspecified atom stereocenters. The number of carbonyl (C=O) groups is 2. The number of benzene rings is 2. The zero-order chi connectivity index (χ0) is 25.7. The monoisotopic (exact) mass is 524 g/mol. The Bertz CT molecular complexity index is 1330. The van der Waals surface area contributed by atoms with E-state index in [1.807, 2.05) is 6.07 Å². The maximum absolute atomic E-state index is 13.3. The third-order valence-corrected chi connectivity index (χ3v) is 7.50. The van der Waals surface area contributed by atoms with E-state index in [9.17, 15) is 22.8 Å². The summed E-state index contributed by atoms with van der Waals surface area (Å²) in [5.74, 6) is 0.0213. The SMILES string of the molecule is CC(=O)CC1CCN(C(=O)c2ccc(Cl)c(Cc3cc4c(C)cc(C(F)(F)F)cc4n3C)c2Cl)C1. The van der Waals surface area contributed by atoms with Crippen molar-refractivity contribution in [3.05, 3.63) is 68.3 Å². The van der Waals surface area contributed by atoms with Gasteiger partial charge in [0.05, 0.1) is 16.1 Å². The minimum absolute atomic E-state index is 0.101. The van der Waals surface area contributed by atoms with Gasteiger partial charge < -0.3 is 14.3 Å². The van der Waals surface area contributed by atoms with Gasteiger partial charge in [-0.1, -0.05) is 23.2 Å². The van der Waals surface area contributed by atoms with Crippen molar-refractivity contribution >= 4 is 45.8 Å². The van der Waals surface area contributed by atoms with Crippen molar-refractivity contribution in [1.29, 1.82) is 0 Å². The van der Waals surface area contributed by atoms with E-state index in [1.165, 1.54) is 0 Å². The minimum Gasteiger partial charge on any atom is -0.347 e. The third-order valence-electron chi connectivity index (χ3n) is 6.72. The molecule has 0 radical (unpaired) electrons. The summed E-state index contributed by atoms with van der Waals surface area (Å²) in [7, 11) is 1.70. The van der Waals surface area contributed by atoms with Crippen LogP contribution in [-0.2, 0) is 24.4 Å². The van der Waals surface area contributed by atoms with Crippen LogP contribution in [0.25, 0.3) is 10.9 Å². The number of fused-ring (bicyclic) bond motifs is 1. The molecule has 0 bridgehead atoms. The van der Waals surface area contributed by atoms with E-state index in [0.29, 0.717) is 52.1 Å². The molecule has 0 aliphatic carbocycles. The largest absolute Gasteiger partial charge is 0.416 e. The van der Waals surface area contributed by atoms with Crippen molar-refractivity contribution in [3.8, 4) is 0 Å². The lowest BCUT2D eigenvalue weighted by Crippen LogP contribution is -2.29. The second-order valence-corrected chi connectivity index (χ2v) is 10.1. The number of halogens is 5. The van der Waals surface area contributed by atoms with Gasteiger partial charge in [-0.2, -0.15) is 13.2 Å². The molecule has 3 aromatic rings. The molecular formula is C26H25Cl2F3N2O2. The van der Waals surface area contributed by atoms with Gasteiger partial charge in [0.25, 0.3) is 5.91 Å². The van der Waals surface area contributed by atoms with Gasteiger partial charge in [-0.15, -0.1) is 0 Å². The van der Waals surface area contributed by atoms with Crippen LogP contribution in [0.2, 0.25) is 10.0 Å². The Balaban J connectivity index is 1.66. The third kappa shape index (κ3) is 5.07. The van der Waals surface area contributed by atoms with Crippen LogP contribution >= 0.6 is 23.2 Å². The van der Waals surface area contributed by atoms with Gasteiger partial charge in [-0.3, -0.25) is 4.79 Å². The summed E-state index contributed by atoms with van der Waals surface area (Å²) in [5.41, 5.74) is 1.86. The second-order valence-electron chi connectivity index (χ2n) is 9.29. The Kier molecular flexibility index (Phi) is 6.95. The Morgan fingerprint density at radius 3 is 2.51 bits per heavy atom. The lowest BCUT2D eigenvalue weighted by atomic mass is 10.0. The van der Waals surface area contributed by atoms with Gasteiger partial charge in [0.15, 0.2) is 0 Å². The molecule has 0 N–H and O–H groups in total. The fourth-order valence-corrected chi connectivity index (χ4v) is 5.45. The molecule has 0 spiro atoms. The summed E-state index contributed by atoms with van der Waals surface area (Å²) in [4.78, 5) is 26.3. The highest BCUT2D eigenvalue weighted by molar-refractivity contribution is 6.38. The normalized spacial score (nSPS) is 16.3. The van der Waals surface area contributed by atoms with Crippen molar-refractivity contribution < 1.29 is 22.8 Å². The van der Waals surface area contributed by atoms with E-state index in [1.54, 1.807) is 42.5 Å². The molecule has 1 saturated heterocycles. The molecule has 186 valence electrons. The van der Waals surface area contributed by atoms with Crippen molar-refractivity contribution in [2.75, 3.05) is 13.1 Å². The molecule has 0 saturated carbocycles. The van der Waals surface area contributed by atoms with Crippen LogP contribution in [0.1, 0.15) is 52.5 Å². The molecule has 1 aromatic heterocycles. The quantitative estimate of drug-likeness (QED) is 0.366. The minimum atomic E-state index is -4.44. The first kappa shape index (κ1) is 25.6. The zero-order valence-corrected chi connectivity index (χ0v) is 21.1. The molecule has 1 amide bonds. The second kappa shape index (κ2) is 9.51. The smallest absolute Gasteiger partial charge is 0.347 e. The van der Waals surface area contributed by atoms with E-state index in [-0.39, 0.29) is 29.1 Å². The molecule has 1 fully saturated rings. The molecular weight excluding hydrogens is 500 g/mol. The Morgan fingerprint density at radius 2 is 1.86 bits per heavy atom. The number of hydrogen-bond donors (Lipinski definition) is 0. The van der Waals surface area contributed by atoms with E-state index < -0.39 is 11.7 Å². The molecule has 4 nitrogen and oxygen atoms in total. The number of ketones is 1. The molecule has 35 heavy (non-hydrogen) atoms. The van der Waals surface area contributed by atoms with Gasteiger partial charge in [0, 0.05) is 54.6 Å². The predicted molar refractivity (Wildman–Crippen MR) is 131 cm³/mol. The van der Waals surface area contributed by atoms with E-state index >= 15 is 0 Å². The zero-order valence-electron chi connectivity index (χ0n) is 19.6. The van der Waals surface area contributed by atoms with Crippen molar-refractivity contribution in [3.63, 3.8) is 0 Å². The number of hydrogen-bond acceptors (Lipinski definition) is 2. The van der Waals surface area contributed by atoms with Crippen LogP contribution in [0.5, 0.6) is 0 Å². The highest BCUT2D eigenvalue weighted by atomic mass is 35.5. The average Bonchev–Trinajstić information content (AvgIpc) is 3.35. The number of aromatic nitrogens is 1. The maximum atomic E-state index is 13.3. The van der Waals surface area contributed by atoms with Gasteiger partial charge in [0.1, 0.15) is 5.78 Å². The maximum Gasteiger partial charge on any atom is 0.416 e. The number of alkyl halides is 3. The fraction of sp³-hybridized carbons (Fsp3) is 0.385. The molecule has 1 aliphatic heterocycles. The summed E-state index contributed by atoms with van der Waals surface area (Å²) in [6, 6.07) is 7.32. The topological polar surface area (TPSA) is 42.3 Å². The highest BCUT2D eigenvalue weighted by Gasteiger charge is 2.32. The van der Waals surface area contributed by atoms with Crippen molar-refractivity contribution in [2.45, 2.75) is 39.3 Å². The van der Waals surface area contributed by atoms with Crippen LogP contribution in [0.4, 0.5) is 13.2 Å². The summed E-state index contributed by atoms with van der Waals surface area (Å²) >= 11 is 13.1. The summed E-state index contributed by atoms with van der Waals surface area (Å²) in [6.45, 7) is 4.24. The number of nitrogens with zero attached hydrogens (tertiary/aromatic N) is 2. The molecule has 2 aromatic carbocycles. The van der Waals surface area contributed by atoms with Gasteiger partial charge in [0.2, 0.25) is 0 Å². The summed E-state index contributed by atoms with van der Waals surface area (Å²) in [6.07, 6.45) is -2.99. The average molecular weight is 525 g/mol. The number of Topliss-reactive ketones (excluding diaryl/α,β-unsaturated/α-hetero) is 1. The first-order chi connectivity index (χ1) is 16.4. The lowest BCUT2D eigenvalue weighted by Gasteiger charge is -2.19. The predicted octanol–water partition coefficient (Wildman–Crippen LogP) is 6.84. The first-order valence-electron chi connectivity index (χ1n) is 11.3. The van der Waals surface area contributed by atoms with E-state index in [2.05, 4.69) is 0 Å². The fourth-order valence-electron chi connectivity index (χ4n) is 4.86. The number of rotatable bonds is 5. The molecule has 2 heterocycles. The Hall–Kier alpha value is -2.51. The van der Waals surface area contributed by atoms with Gasteiger partial charge in [-0.05, 0) is 67.6 Å². The van der Waals surface area contributed by atoms with Gasteiger partial charge in [-0.25, -0.2) is 0 Å². The summed E-state index contributed by atoms with van der Waals surface area (Å²) < 4.78 is 41.7. The van der Waals surface area contributed by atoms with Crippen LogP contribution in [0, 0.1) is 12.8 Å². The lowest BCUT2D eigenvalue weighted by molar-refractivity contribution is -0.137. The number of aryl methyl sites for hydroxylation is 2. The number of amides is 1. The van der Waals surface area contributed by atoms with Gasteiger partial charge >= 0.3 is 6.18 Å². The van der Waals surface area contributed by atoms with E-state index in [4.69, 9.17) is 23.2 Å². The first-order valence-corrected chi connectivity index (χ1v) is 12.0. The van der Waals surface area contributed by atoms with Crippen LogP contribution in [0.3, 0.4) is 0 Å². The Labute approximate surface area is 211 Å². The van der Waals surface area contributed by atoms with Crippen molar-refractivity contribution in [1.82, 2.24) is 9.47 Å². The van der Waals surface area contributed by atoms with Crippen LogP contribution < -0.4 is 0 Å². The molecule has 1 atom stereocenters. The Morgan fingerprint density at radius 1 is 1.14 bits per heavy atom. The molecule has 1 aliphatic rings. The number of carbonyl (C=O) groups excluding carboxylic acids is 2.